The molecular formula is C14H14N4O. The van der Waals surface area contributed by atoms with E-state index in [0.717, 1.165) is 11.3 Å². The molecule has 0 bridgehead atoms. The second-order valence-electron chi connectivity index (χ2n) is 4.11. The molecule has 19 heavy (non-hydrogen) atoms. The Morgan fingerprint density at radius 3 is 2.95 bits per heavy atom. The summed E-state index contributed by atoms with van der Waals surface area (Å²) in [6.07, 6.45) is 1.98. The highest BCUT2D eigenvalue weighted by molar-refractivity contribution is 5.46. The van der Waals surface area contributed by atoms with Gasteiger partial charge in [0.1, 0.15) is 29.0 Å². The molecule has 0 aliphatic heterocycles. The summed E-state index contributed by atoms with van der Waals surface area (Å²) in [6.45, 7) is 2.48. The van der Waals surface area contributed by atoms with Crippen LogP contribution in [0.25, 0.3) is 0 Å². The van der Waals surface area contributed by atoms with E-state index in [1.165, 1.54) is 6.20 Å². The lowest BCUT2D eigenvalue weighted by molar-refractivity contribution is 0.318. The first kappa shape index (κ1) is 12.8. The average Bonchev–Trinajstić information content (AvgIpc) is 2.39. The summed E-state index contributed by atoms with van der Waals surface area (Å²) in [7, 11) is 0. The van der Waals surface area contributed by atoms with Crippen LogP contribution in [-0.2, 0) is 6.42 Å². The molecule has 1 aromatic heterocycles. The summed E-state index contributed by atoms with van der Waals surface area (Å²) in [5.41, 5.74) is 7.06. The number of nitriles is 1. The fraction of sp³-hybridized carbons (Fsp3) is 0.214. The molecule has 0 saturated heterocycles. The van der Waals surface area contributed by atoms with E-state index >= 15 is 0 Å². The number of benzene rings is 1. The quantitative estimate of drug-likeness (QED) is 0.900. The number of nitrogens with zero attached hydrogens (tertiary/aromatic N) is 3. The Balaban J connectivity index is 1.93. The number of rotatable bonds is 4. The lowest BCUT2D eigenvalue weighted by atomic mass is 10.2. The minimum Gasteiger partial charge on any atom is -0.493 e. The maximum Gasteiger partial charge on any atom is 0.145 e. The van der Waals surface area contributed by atoms with Crippen molar-refractivity contribution in [2.24, 2.45) is 0 Å². The van der Waals surface area contributed by atoms with Gasteiger partial charge in [-0.15, -0.1) is 0 Å². The van der Waals surface area contributed by atoms with Gasteiger partial charge in [0.05, 0.1) is 12.8 Å². The zero-order chi connectivity index (χ0) is 13.7. The van der Waals surface area contributed by atoms with Crippen molar-refractivity contribution in [3.05, 3.63) is 47.4 Å². The highest BCUT2D eigenvalue weighted by Crippen LogP contribution is 2.12. The largest absolute Gasteiger partial charge is 0.493 e. The first-order valence-electron chi connectivity index (χ1n) is 5.90. The monoisotopic (exact) mass is 254 g/mol. The van der Waals surface area contributed by atoms with Gasteiger partial charge in [0, 0.05) is 6.42 Å². The van der Waals surface area contributed by atoms with Crippen LogP contribution in [-0.4, -0.2) is 16.6 Å². The maximum absolute atomic E-state index is 8.73. The Morgan fingerprint density at radius 1 is 1.42 bits per heavy atom. The predicted molar refractivity (Wildman–Crippen MR) is 71.5 cm³/mol. The van der Waals surface area contributed by atoms with Crippen molar-refractivity contribution in [1.82, 2.24) is 9.97 Å². The zero-order valence-electron chi connectivity index (χ0n) is 10.6. The number of hydrogen-bond acceptors (Lipinski definition) is 5. The first-order valence-corrected chi connectivity index (χ1v) is 5.90. The zero-order valence-corrected chi connectivity index (χ0v) is 10.6. The third-order valence-electron chi connectivity index (χ3n) is 2.57. The molecule has 96 valence electrons. The van der Waals surface area contributed by atoms with Gasteiger partial charge in [-0.2, -0.15) is 5.26 Å². The van der Waals surface area contributed by atoms with Crippen LogP contribution in [0.3, 0.4) is 0 Å². The van der Waals surface area contributed by atoms with Crippen molar-refractivity contribution in [3.8, 4) is 11.8 Å². The fourth-order valence-electron chi connectivity index (χ4n) is 1.61. The van der Waals surface area contributed by atoms with E-state index in [9.17, 15) is 0 Å². The van der Waals surface area contributed by atoms with Crippen molar-refractivity contribution in [3.63, 3.8) is 0 Å². The standard InChI is InChI=1S/C14H14N4O/c1-10-3-2-4-12(7-10)19-6-5-13-17-9-11(8-15)14(16)18-13/h2-4,7,9H,5-6H2,1H3,(H2,16,17,18). The number of nitrogen functional groups attached to an aromatic ring is 1. The first-order chi connectivity index (χ1) is 9.19. The van der Waals surface area contributed by atoms with Gasteiger partial charge in [0.2, 0.25) is 0 Å². The molecule has 0 unspecified atom stereocenters. The highest BCUT2D eigenvalue weighted by atomic mass is 16.5. The van der Waals surface area contributed by atoms with Gasteiger partial charge in [-0.05, 0) is 24.6 Å². The Labute approximate surface area is 111 Å². The predicted octanol–water partition coefficient (Wildman–Crippen LogP) is 1.86. The van der Waals surface area contributed by atoms with Crippen molar-refractivity contribution >= 4 is 5.82 Å². The molecule has 2 N–H and O–H groups in total. The summed E-state index contributed by atoms with van der Waals surface area (Å²) >= 11 is 0. The average molecular weight is 254 g/mol. The molecule has 5 heteroatoms. The molecule has 0 aliphatic rings. The van der Waals surface area contributed by atoms with E-state index in [-0.39, 0.29) is 5.82 Å². The Hall–Kier alpha value is -2.61. The molecule has 2 rings (SSSR count). The van der Waals surface area contributed by atoms with E-state index in [0.29, 0.717) is 24.4 Å². The van der Waals surface area contributed by atoms with Crippen LogP contribution in [0, 0.1) is 18.3 Å². The van der Waals surface area contributed by atoms with Gasteiger partial charge in [-0.1, -0.05) is 12.1 Å². The molecule has 2 aromatic rings. The summed E-state index contributed by atoms with van der Waals surface area (Å²) < 4.78 is 5.60. The third-order valence-corrected chi connectivity index (χ3v) is 2.57. The number of aryl methyl sites for hydroxylation is 1. The molecule has 0 atom stereocenters. The van der Waals surface area contributed by atoms with Crippen LogP contribution in [0.4, 0.5) is 5.82 Å². The topological polar surface area (TPSA) is 84.8 Å². The van der Waals surface area contributed by atoms with Crippen molar-refractivity contribution in [2.45, 2.75) is 13.3 Å². The number of nitrogens with two attached hydrogens (primary N) is 1. The van der Waals surface area contributed by atoms with Gasteiger partial charge in [-0.3, -0.25) is 0 Å². The molecule has 0 saturated carbocycles. The van der Waals surface area contributed by atoms with E-state index < -0.39 is 0 Å². The molecule has 5 nitrogen and oxygen atoms in total. The van der Waals surface area contributed by atoms with E-state index in [1.54, 1.807) is 0 Å². The van der Waals surface area contributed by atoms with Gasteiger partial charge in [-0.25, -0.2) is 9.97 Å². The molecule has 1 aromatic carbocycles. The fourth-order valence-corrected chi connectivity index (χ4v) is 1.61. The smallest absolute Gasteiger partial charge is 0.145 e. The van der Waals surface area contributed by atoms with Gasteiger partial charge < -0.3 is 10.5 Å². The molecule has 0 amide bonds. The van der Waals surface area contributed by atoms with Crippen LogP contribution in [0.1, 0.15) is 17.0 Å². The second-order valence-corrected chi connectivity index (χ2v) is 4.11. The van der Waals surface area contributed by atoms with E-state index in [4.69, 9.17) is 15.7 Å². The minimum atomic E-state index is 0.211. The van der Waals surface area contributed by atoms with Crippen LogP contribution >= 0.6 is 0 Å². The van der Waals surface area contributed by atoms with Gasteiger partial charge in [0.15, 0.2) is 0 Å². The SMILES string of the molecule is Cc1cccc(OCCc2ncc(C#N)c(N)n2)c1. The summed E-state index contributed by atoms with van der Waals surface area (Å²) in [5.74, 6) is 1.61. The maximum atomic E-state index is 8.73. The molecule has 1 heterocycles. The van der Waals surface area contributed by atoms with Crippen LogP contribution < -0.4 is 10.5 Å². The lowest BCUT2D eigenvalue weighted by Gasteiger charge is -2.06. The number of anilines is 1. The molecule has 0 aliphatic carbocycles. The highest BCUT2D eigenvalue weighted by Gasteiger charge is 2.03. The Bertz CT molecular complexity index is 619. The molecule has 0 radical (unpaired) electrons. The summed E-state index contributed by atoms with van der Waals surface area (Å²) in [4.78, 5) is 8.12. The third kappa shape index (κ3) is 3.42. The Morgan fingerprint density at radius 2 is 2.26 bits per heavy atom. The van der Waals surface area contributed by atoms with Crippen molar-refractivity contribution < 1.29 is 4.74 Å². The number of aromatic nitrogens is 2. The molecule has 0 fully saturated rings. The normalized spacial score (nSPS) is 9.89. The summed E-state index contributed by atoms with van der Waals surface area (Å²) in [5, 5.41) is 8.73. The van der Waals surface area contributed by atoms with Gasteiger partial charge in [0.25, 0.3) is 0 Å². The van der Waals surface area contributed by atoms with Crippen molar-refractivity contribution in [1.29, 1.82) is 5.26 Å². The number of ether oxygens (including phenoxy) is 1. The number of hydrogen-bond donors (Lipinski definition) is 1. The summed E-state index contributed by atoms with van der Waals surface area (Å²) in [6, 6.07) is 9.76. The van der Waals surface area contributed by atoms with Gasteiger partial charge >= 0.3 is 0 Å². The lowest BCUT2D eigenvalue weighted by Crippen LogP contribution is -2.07. The van der Waals surface area contributed by atoms with E-state index in [2.05, 4.69) is 9.97 Å². The van der Waals surface area contributed by atoms with Crippen LogP contribution in [0.5, 0.6) is 5.75 Å². The van der Waals surface area contributed by atoms with E-state index in [1.807, 2.05) is 37.3 Å². The second kappa shape index (κ2) is 5.83. The molecule has 0 spiro atoms. The molecular weight excluding hydrogens is 240 g/mol. The Kier molecular flexibility index (Phi) is 3.94. The minimum absolute atomic E-state index is 0.211. The van der Waals surface area contributed by atoms with Crippen molar-refractivity contribution in [2.75, 3.05) is 12.3 Å². The van der Waals surface area contributed by atoms with Crippen LogP contribution in [0.15, 0.2) is 30.5 Å². The van der Waals surface area contributed by atoms with Crippen LogP contribution in [0.2, 0.25) is 0 Å².